The first kappa shape index (κ1) is 17.8. The van der Waals surface area contributed by atoms with Crippen molar-refractivity contribution in [3.63, 3.8) is 0 Å². The predicted molar refractivity (Wildman–Crippen MR) is 93.3 cm³/mol. The number of fused-ring (bicyclic) bond motifs is 3. The van der Waals surface area contributed by atoms with Crippen LogP contribution in [0.1, 0.15) is 24.5 Å². The van der Waals surface area contributed by atoms with Gasteiger partial charge in [0.15, 0.2) is 0 Å². The smallest absolute Gasteiger partial charge is 0.253 e. The van der Waals surface area contributed by atoms with Crippen molar-refractivity contribution in [3.8, 4) is 0 Å². The van der Waals surface area contributed by atoms with Gasteiger partial charge in [-0.3, -0.25) is 4.79 Å². The molecule has 0 atom stereocenters. The van der Waals surface area contributed by atoms with Gasteiger partial charge in [0.2, 0.25) is 0 Å². The number of aromatic amines is 1. The Bertz CT molecular complexity index is 670. The van der Waals surface area contributed by atoms with Crippen LogP contribution in [0.5, 0.6) is 0 Å². The molecule has 4 nitrogen and oxygen atoms in total. The molecule has 1 aromatic heterocycles. The molecule has 0 unspecified atom stereocenters. The summed E-state index contributed by atoms with van der Waals surface area (Å²) in [6, 6.07) is 6.30. The third-order valence-corrected chi connectivity index (χ3v) is 3.66. The van der Waals surface area contributed by atoms with E-state index in [9.17, 15) is 4.79 Å². The molecule has 0 bridgehead atoms. The van der Waals surface area contributed by atoms with Gasteiger partial charge in [-0.15, -0.1) is 24.8 Å². The molecule has 1 aliphatic heterocycles. The number of hydrogen-bond donors (Lipinski definition) is 3. The predicted octanol–water partition coefficient (Wildman–Crippen LogP) is 2.84. The van der Waals surface area contributed by atoms with Gasteiger partial charge < -0.3 is 15.6 Å². The summed E-state index contributed by atoms with van der Waals surface area (Å²) in [5.74, 6) is 0. The molecular weight excluding hydrogens is 309 g/mol. The second-order valence-electron chi connectivity index (χ2n) is 5.00. The molecular formula is C15H21Cl2N3O. The number of H-pyrrole nitrogens is 1. The highest BCUT2D eigenvalue weighted by molar-refractivity contribution is 5.93. The minimum absolute atomic E-state index is 0. The van der Waals surface area contributed by atoms with E-state index < -0.39 is 0 Å². The van der Waals surface area contributed by atoms with E-state index in [1.165, 1.54) is 5.56 Å². The monoisotopic (exact) mass is 329 g/mol. The quantitative estimate of drug-likeness (QED) is 0.811. The summed E-state index contributed by atoms with van der Waals surface area (Å²) in [5, 5.41) is 7.79. The van der Waals surface area contributed by atoms with Gasteiger partial charge in [0, 0.05) is 24.0 Å². The lowest BCUT2D eigenvalue weighted by molar-refractivity contribution is 0.727. The maximum Gasteiger partial charge on any atom is 0.253 e. The molecule has 0 amide bonds. The molecule has 6 heteroatoms. The van der Waals surface area contributed by atoms with Crippen molar-refractivity contribution in [1.29, 1.82) is 0 Å². The van der Waals surface area contributed by atoms with Crippen LogP contribution in [-0.2, 0) is 13.0 Å². The van der Waals surface area contributed by atoms with Crippen LogP contribution in [0.25, 0.3) is 10.9 Å². The highest BCUT2D eigenvalue weighted by atomic mass is 35.5. The lowest BCUT2D eigenvalue weighted by Gasteiger charge is -2.19. The Balaban J connectivity index is 0.00000110. The van der Waals surface area contributed by atoms with E-state index >= 15 is 0 Å². The molecule has 3 rings (SSSR count). The Morgan fingerprint density at radius 1 is 1.29 bits per heavy atom. The van der Waals surface area contributed by atoms with Crippen molar-refractivity contribution in [1.82, 2.24) is 10.3 Å². The molecule has 2 heterocycles. The summed E-state index contributed by atoms with van der Waals surface area (Å²) in [7, 11) is 0. The molecule has 0 radical (unpaired) electrons. The second kappa shape index (κ2) is 7.69. The largest absolute Gasteiger partial charge is 0.384 e. The van der Waals surface area contributed by atoms with Crippen LogP contribution >= 0.6 is 24.8 Å². The van der Waals surface area contributed by atoms with Crippen LogP contribution in [0.3, 0.4) is 0 Å². The van der Waals surface area contributed by atoms with Crippen LogP contribution in [0.2, 0.25) is 0 Å². The first-order chi connectivity index (χ1) is 9.29. The van der Waals surface area contributed by atoms with Crippen molar-refractivity contribution in [3.05, 3.63) is 39.7 Å². The van der Waals surface area contributed by atoms with Crippen molar-refractivity contribution >= 4 is 41.4 Å². The summed E-state index contributed by atoms with van der Waals surface area (Å²) in [5.41, 5.74) is 4.10. The standard InChI is InChI=1S/C15H19N3O.2ClH/c1-2-16-9-10-5-6-11-13(8-10)18-15(19)12-4-3-7-17-14(11)12;;/h5-6,8,16-17H,2-4,7,9H2,1H3,(H,18,19);2*1H. The SMILES string of the molecule is CCNCc1ccc2c3c(c(=O)[nH]c2c1)CCCN3.Cl.Cl. The summed E-state index contributed by atoms with van der Waals surface area (Å²) < 4.78 is 0. The molecule has 0 fully saturated rings. The van der Waals surface area contributed by atoms with E-state index in [1.54, 1.807) is 0 Å². The highest BCUT2D eigenvalue weighted by Crippen LogP contribution is 2.27. The van der Waals surface area contributed by atoms with E-state index in [0.717, 1.165) is 54.6 Å². The zero-order valence-corrected chi connectivity index (χ0v) is 13.6. The average Bonchev–Trinajstić information content (AvgIpc) is 2.45. The normalized spacial score (nSPS) is 12.8. The molecule has 1 aliphatic rings. The minimum Gasteiger partial charge on any atom is -0.384 e. The number of benzene rings is 1. The summed E-state index contributed by atoms with van der Waals surface area (Å²) in [6.07, 6.45) is 1.90. The van der Waals surface area contributed by atoms with Gasteiger partial charge in [-0.2, -0.15) is 0 Å². The topological polar surface area (TPSA) is 56.9 Å². The third kappa shape index (κ3) is 3.51. The number of aromatic nitrogens is 1. The molecule has 2 aromatic rings. The van der Waals surface area contributed by atoms with E-state index in [1.807, 2.05) is 0 Å². The zero-order valence-electron chi connectivity index (χ0n) is 12.0. The number of rotatable bonds is 3. The second-order valence-corrected chi connectivity index (χ2v) is 5.00. The van der Waals surface area contributed by atoms with Gasteiger partial charge in [-0.25, -0.2) is 0 Å². The summed E-state index contributed by atoms with van der Waals surface area (Å²) in [4.78, 5) is 15.1. The van der Waals surface area contributed by atoms with Crippen molar-refractivity contribution in [2.24, 2.45) is 0 Å². The van der Waals surface area contributed by atoms with E-state index in [0.29, 0.717) is 0 Å². The van der Waals surface area contributed by atoms with Gasteiger partial charge >= 0.3 is 0 Å². The van der Waals surface area contributed by atoms with E-state index in [-0.39, 0.29) is 30.4 Å². The van der Waals surface area contributed by atoms with Gasteiger partial charge in [-0.05, 0) is 31.0 Å². The highest BCUT2D eigenvalue weighted by Gasteiger charge is 2.15. The number of anilines is 1. The maximum atomic E-state index is 12.1. The Morgan fingerprint density at radius 2 is 2.10 bits per heavy atom. The molecule has 0 aliphatic carbocycles. The molecule has 1 aromatic carbocycles. The first-order valence-electron chi connectivity index (χ1n) is 6.92. The first-order valence-corrected chi connectivity index (χ1v) is 6.92. The fourth-order valence-electron chi connectivity index (χ4n) is 2.68. The number of pyridine rings is 1. The third-order valence-electron chi connectivity index (χ3n) is 3.66. The summed E-state index contributed by atoms with van der Waals surface area (Å²) in [6.45, 7) is 4.81. The van der Waals surface area contributed by atoms with Crippen LogP contribution in [0.4, 0.5) is 5.69 Å². The lowest BCUT2D eigenvalue weighted by atomic mass is 10.0. The zero-order chi connectivity index (χ0) is 13.2. The van der Waals surface area contributed by atoms with Crippen molar-refractivity contribution in [2.45, 2.75) is 26.3 Å². The van der Waals surface area contributed by atoms with Crippen LogP contribution < -0.4 is 16.2 Å². The van der Waals surface area contributed by atoms with Crippen LogP contribution in [0.15, 0.2) is 23.0 Å². The molecule has 0 spiro atoms. The molecule has 0 saturated heterocycles. The van der Waals surface area contributed by atoms with E-state index in [2.05, 4.69) is 40.7 Å². The molecule has 3 N–H and O–H groups in total. The summed E-state index contributed by atoms with van der Waals surface area (Å²) >= 11 is 0. The fourth-order valence-corrected chi connectivity index (χ4v) is 2.68. The Labute approximate surface area is 136 Å². The minimum atomic E-state index is 0. The molecule has 21 heavy (non-hydrogen) atoms. The van der Waals surface area contributed by atoms with Crippen molar-refractivity contribution < 1.29 is 0 Å². The van der Waals surface area contributed by atoms with Gasteiger partial charge in [0.05, 0.1) is 11.2 Å². The maximum absolute atomic E-state index is 12.1. The van der Waals surface area contributed by atoms with Crippen molar-refractivity contribution in [2.75, 3.05) is 18.4 Å². The Kier molecular flexibility index (Phi) is 6.52. The number of hydrogen-bond acceptors (Lipinski definition) is 3. The van der Waals surface area contributed by atoms with Gasteiger partial charge in [0.25, 0.3) is 5.56 Å². The van der Waals surface area contributed by atoms with E-state index in [4.69, 9.17) is 0 Å². The average molecular weight is 330 g/mol. The van der Waals surface area contributed by atoms with Crippen LogP contribution in [-0.4, -0.2) is 18.1 Å². The number of halogens is 2. The Morgan fingerprint density at radius 3 is 2.86 bits per heavy atom. The lowest BCUT2D eigenvalue weighted by Crippen LogP contribution is -2.22. The van der Waals surface area contributed by atoms with Gasteiger partial charge in [0.1, 0.15) is 0 Å². The Hall–Kier alpha value is -1.23. The number of nitrogens with one attached hydrogen (secondary N) is 3. The van der Waals surface area contributed by atoms with Crippen LogP contribution in [0, 0.1) is 0 Å². The fraction of sp³-hybridized carbons (Fsp3) is 0.400. The van der Waals surface area contributed by atoms with Gasteiger partial charge in [-0.1, -0.05) is 19.1 Å². The molecule has 116 valence electrons. The molecule has 0 saturated carbocycles.